The van der Waals surface area contributed by atoms with Crippen molar-refractivity contribution >= 4 is 22.3 Å². The van der Waals surface area contributed by atoms with Crippen molar-refractivity contribution in [1.82, 2.24) is 9.97 Å². The van der Waals surface area contributed by atoms with Crippen LogP contribution in [0.4, 0.5) is 0 Å². The van der Waals surface area contributed by atoms with Crippen LogP contribution in [0.1, 0.15) is 25.3 Å². The van der Waals surface area contributed by atoms with Crippen LogP contribution in [-0.4, -0.2) is 9.97 Å². The first-order valence-electron chi connectivity index (χ1n) is 8.09. The lowest BCUT2D eigenvalue weighted by molar-refractivity contribution is 0.619. The predicted octanol–water partition coefficient (Wildman–Crippen LogP) is 5.39. The van der Waals surface area contributed by atoms with Gasteiger partial charge in [-0.2, -0.15) is 0 Å². The average Bonchev–Trinajstić information content (AvgIpc) is 3.01. The minimum atomic E-state index is 0.591. The van der Waals surface area contributed by atoms with Crippen LogP contribution < -0.4 is 0 Å². The smallest absolute Gasteiger partial charge is 0.246 e. The van der Waals surface area contributed by atoms with E-state index in [0.717, 1.165) is 34.3 Å². The molecule has 3 heteroatoms. The number of hydrogen-bond donors (Lipinski definition) is 0. The van der Waals surface area contributed by atoms with Crippen molar-refractivity contribution < 1.29 is 4.42 Å². The molecular formula is C20H18N2O. The van der Waals surface area contributed by atoms with Crippen LogP contribution in [-0.2, 0) is 6.42 Å². The molecule has 0 atom stereocenters. The summed E-state index contributed by atoms with van der Waals surface area (Å²) in [5.41, 5.74) is 5.57. The van der Waals surface area contributed by atoms with Gasteiger partial charge in [-0.3, -0.25) is 0 Å². The van der Waals surface area contributed by atoms with Crippen molar-refractivity contribution in [3.8, 4) is 11.3 Å². The summed E-state index contributed by atoms with van der Waals surface area (Å²) in [5.74, 6) is 0.817. The number of unbranched alkanes of at least 4 members (excludes halogenated alkanes) is 1. The van der Waals surface area contributed by atoms with Crippen LogP contribution in [0.5, 0.6) is 0 Å². The van der Waals surface area contributed by atoms with Gasteiger partial charge in [-0.05, 0) is 30.5 Å². The molecule has 2 aromatic heterocycles. The molecule has 2 aromatic carbocycles. The molecule has 0 saturated carbocycles. The molecule has 114 valence electrons. The van der Waals surface area contributed by atoms with Crippen molar-refractivity contribution in [2.75, 3.05) is 0 Å². The maximum atomic E-state index is 5.91. The molecule has 2 heterocycles. The zero-order valence-electron chi connectivity index (χ0n) is 13.1. The minimum Gasteiger partial charge on any atom is -0.436 e. The molecule has 4 aromatic rings. The Labute approximate surface area is 135 Å². The van der Waals surface area contributed by atoms with Crippen LogP contribution >= 0.6 is 0 Å². The predicted molar refractivity (Wildman–Crippen MR) is 93.4 cm³/mol. The second-order valence-corrected chi connectivity index (χ2v) is 5.81. The Morgan fingerprint density at radius 1 is 0.870 bits per heavy atom. The number of aryl methyl sites for hydroxylation is 1. The molecule has 0 unspecified atom stereocenters. The van der Waals surface area contributed by atoms with Crippen molar-refractivity contribution in [3.63, 3.8) is 0 Å². The van der Waals surface area contributed by atoms with E-state index in [2.05, 4.69) is 41.2 Å². The van der Waals surface area contributed by atoms with E-state index in [-0.39, 0.29) is 0 Å². The summed E-state index contributed by atoms with van der Waals surface area (Å²) in [7, 11) is 0. The summed E-state index contributed by atoms with van der Waals surface area (Å²) >= 11 is 0. The zero-order valence-corrected chi connectivity index (χ0v) is 13.1. The van der Waals surface area contributed by atoms with Gasteiger partial charge >= 0.3 is 0 Å². The number of aromatic nitrogens is 2. The Kier molecular flexibility index (Phi) is 3.54. The first-order chi connectivity index (χ1) is 11.3. The van der Waals surface area contributed by atoms with Gasteiger partial charge < -0.3 is 4.42 Å². The third-order valence-electron chi connectivity index (χ3n) is 4.10. The lowest BCUT2D eigenvalue weighted by Gasteiger charge is -2.01. The van der Waals surface area contributed by atoms with Crippen molar-refractivity contribution in [1.29, 1.82) is 0 Å². The first-order valence-corrected chi connectivity index (χ1v) is 8.09. The van der Waals surface area contributed by atoms with Gasteiger partial charge in [0.05, 0.1) is 11.0 Å². The fourth-order valence-corrected chi connectivity index (χ4v) is 2.78. The highest BCUT2D eigenvalue weighted by Gasteiger charge is 2.10. The summed E-state index contributed by atoms with van der Waals surface area (Å²) in [6, 6.07) is 18.4. The van der Waals surface area contributed by atoms with Gasteiger partial charge in [0.1, 0.15) is 11.3 Å². The lowest BCUT2D eigenvalue weighted by atomic mass is 10.1. The van der Waals surface area contributed by atoms with E-state index in [1.807, 2.05) is 30.3 Å². The molecule has 0 bridgehead atoms. The summed E-state index contributed by atoms with van der Waals surface area (Å²) in [4.78, 5) is 9.18. The standard InChI is InChI=1S/C20H18N2O/c1-2-3-6-14-9-11-15(12-10-14)19-13-18-20(23-19)22-17-8-5-4-7-16(17)21-18/h4-5,7-13H,2-3,6H2,1H3. The van der Waals surface area contributed by atoms with E-state index in [1.54, 1.807) is 0 Å². The average molecular weight is 302 g/mol. The molecule has 0 aliphatic heterocycles. The highest BCUT2D eigenvalue weighted by atomic mass is 16.3. The maximum absolute atomic E-state index is 5.91. The van der Waals surface area contributed by atoms with Crippen molar-refractivity contribution in [2.24, 2.45) is 0 Å². The molecule has 0 saturated heterocycles. The van der Waals surface area contributed by atoms with Crippen LogP contribution in [0.15, 0.2) is 59.0 Å². The summed E-state index contributed by atoms with van der Waals surface area (Å²) in [6.45, 7) is 2.22. The van der Waals surface area contributed by atoms with Crippen LogP contribution in [0.2, 0.25) is 0 Å². The van der Waals surface area contributed by atoms with Crippen LogP contribution in [0, 0.1) is 0 Å². The number of para-hydroxylation sites is 2. The van der Waals surface area contributed by atoms with Crippen LogP contribution in [0.25, 0.3) is 33.6 Å². The van der Waals surface area contributed by atoms with E-state index in [1.165, 1.54) is 18.4 Å². The fourth-order valence-electron chi connectivity index (χ4n) is 2.78. The van der Waals surface area contributed by atoms with Gasteiger partial charge in [-0.25, -0.2) is 9.97 Å². The Morgan fingerprint density at radius 3 is 2.35 bits per heavy atom. The molecule has 0 fully saturated rings. The third-order valence-corrected chi connectivity index (χ3v) is 4.10. The quantitative estimate of drug-likeness (QED) is 0.507. The van der Waals surface area contributed by atoms with E-state index < -0.39 is 0 Å². The molecule has 0 aliphatic carbocycles. The third kappa shape index (κ3) is 2.70. The normalized spacial score (nSPS) is 11.3. The van der Waals surface area contributed by atoms with Crippen molar-refractivity contribution in [3.05, 3.63) is 60.2 Å². The highest BCUT2D eigenvalue weighted by Crippen LogP contribution is 2.27. The molecule has 0 aliphatic rings. The number of furan rings is 1. The van der Waals surface area contributed by atoms with Crippen LogP contribution in [0.3, 0.4) is 0 Å². The molecule has 0 spiro atoms. The van der Waals surface area contributed by atoms with Crippen molar-refractivity contribution in [2.45, 2.75) is 26.2 Å². The molecular weight excluding hydrogens is 284 g/mol. The number of rotatable bonds is 4. The fraction of sp³-hybridized carbons (Fsp3) is 0.200. The summed E-state index contributed by atoms with van der Waals surface area (Å²) in [6.07, 6.45) is 3.58. The largest absolute Gasteiger partial charge is 0.436 e. The lowest BCUT2D eigenvalue weighted by Crippen LogP contribution is -1.84. The first kappa shape index (κ1) is 13.9. The monoisotopic (exact) mass is 302 g/mol. The summed E-state index contributed by atoms with van der Waals surface area (Å²) in [5, 5.41) is 0. The van der Waals surface area contributed by atoms with Gasteiger partial charge in [0.2, 0.25) is 5.71 Å². The van der Waals surface area contributed by atoms with Gasteiger partial charge in [-0.15, -0.1) is 0 Å². The minimum absolute atomic E-state index is 0.591. The van der Waals surface area contributed by atoms with E-state index in [4.69, 9.17) is 4.42 Å². The highest BCUT2D eigenvalue weighted by molar-refractivity contribution is 5.85. The van der Waals surface area contributed by atoms with Gasteiger partial charge in [0.15, 0.2) is 0 Å². The van der Waals surface area contributed by atoms with Gasteiger partial charge in [0, 0.05) is 11.6 Å². The van der Waals surface area contributed by atoms with Gasteiger partial charge in [0.25, 0.3) is 0 Å². The Bertz CT molecular complexity index is 902. The molecule has 4 rings (SSSR count). The van der Waals surface area contributed by atoms with E-state index in [0.29, 0.717) is 5.71 Å². The maximum Gasteiger partial charge on any atom is 0.246 e. The SMILES string of the molecule is CCCCc1ccc(-c2cc3nc4ccccc4nc3o2)cc1. The molecule has 0 radical (unpaired) electrons. The van der Waals surface area contributed by atoms with Gasteiger partial charge in [-0.1, -0.05) is 49.7 Å². The topological polar surface area (TPSA) is 38.9 Å². The zero-order chi connectivity index (χ0) is 15.6. The second-order valence-electron chi connectivity index (χ2n) is 5.81. The number of benzene rings is 2. The number of fused-ring (bicyclic) bond motifs is 2. The molecule has 0 amide bonds. The Hall–Kier alpha value is -2.68. The number of hydrogen-bond acceptors (Lipinski definition) is 3. The molecule has 23 heavy (non-hydrogen) atoms. The second kappa shape index (κ2) is 5.84. The summed E-state index contributed by atoms with van der Waals surface area (Å²) < 4.78 is 5.91. The van der Waals surface area contributed by atoms with E-state index in [9.17, 15) is 0 Å². The Morgan fingerprint density at radius 2 is 1.61 bits per heavy atom. The Balaban J connectivity index is 1.72. The molecule has 3 nitrogen and oxygen atoms in total. The van der Waals surface area contributed by atoms with E-state index >= 15 is 0 Å². The number of nitrogens with zero attached hydrogens (tertiary/aromatic N) is 2. The molecule has 0 N–H and O–H groups in total.